The van der Waals surface area contributed by atoms with Crippen LogP contribution in [0, 0.1) is 12.8 Å². The minimum absolute atomic E-state index is 0.00282. The molecule has 1 N–H and O–H groups in total. The lowest BCUT2D eigenvalue weighted by atomic mass is 10.1. The molecule has 0 amide bonds. The van der Waals surface area contributed by atoms with Gasteiger partial charge < -0.3 is 14.9 Å². The van der Waals surface area contributed by atoms with E-state index in [4.69, 9.17) is 5.11 Å². The number of anilines is 1. The van der Waals surface area contributed by atoms with Crippen molar-refractivity contribution in [3.63, 3.8) is 0 Å². The Balaban J connectivity index is 2.16. The van der Waals surface area contributed by atoms with Gasteiger partial charge in [0.15, 0.2) is 0 Å². The van der Waals surface area contributed by atoms with Crippen LogP contribution in [0.25, 0.3) is 0 Å². The average Bonchev–Trinajstić information content (AvgIpc) is 2.71. The second-order valence-electron chi connectivity index (χ2n) is 5.35. The molecule has 0 saturated carbocycles. The summed E-state index contributed by atoms with van der Waals surface area (Å²) in [6.07, 6.45) is 1.73. The first-order valence-corrected chi connectivity index (χ1v) is 6.37. The fourth-order valence-corrected chi connectivity index (χ4v) is 2.57. The van der Waals surface area contributed by atoms with Crippen molar-refractivity contribution in [3.8, 4) is 0 Å². The van der Waals surface area contributed by atoms with E-state index in [9.17, 15) is 0 Å². The van der Waals surface area contributed by atoms with Crippen molar-refractivity contribution in [2.75, 3.05) is 32.1 Å². The van der Waals surface area contributed by atoms with E-state index in [2.05, 4.69) is 40.8 Å². The fourth-order valence-electron chi connectivity index (χ4n) is 2.57. The van der Waals surface area contributed by atoms with Gasteiger partial charge in [0.05, 0.1) is 6.61 Å². The molecule has 2 rings (SSSR count). The summed E-state index contributed by atoms with van der Waals surface area (Å²) in [6.45, 7) is 6.13. The number of aliphatic hydroxyl groups excluding tert-OH is 1. The molecule has 1 aromatic rings. The van der Waals surface area contributed by atoms with Crippen molar-refractivity contribution in [1.82, 2.24) is 14.9 Å². The van der Waals surface area contributed by atoms with Gasteiger partial charge in [0, 0.05) is 36.6 Å². The van der Waals surface area contributed by atoms with Gasteiger partial charge in [-0.3, -0.25) is 0 Å². The summed E-state index contributed by atoms with van der Waals surface area (Å²) in [6, 6.07) is 0.548. The molecule has 2 heterocycles. The van der Waals surface area contributed by atoms with E-state index in [-0.39, 0.29) is 6.61 Å². The molecule has 1 aliphatic heterocycles. The zero-order valence-corrected chi connectivity index (χ0v) is 11.6. The second-order valence-corrected chi connectivity index (χ2v) is 5.35. The zero-order valence-electron chi connectivity index (χ0n) is 11.6. The number of likely N-dealkylation sites (N-methyl/N-ethyl adjacent to an activating group) is 1. The number of hydrogen-bond donors (Lipinski definition) is 1. The highest BCUT2D eigenvalue weighted by Gasteiger charge is 2.32. The summed E-state index contributed by atoms with van der Waals surface area (Å²) in [4.78, 5) is 13.3. The molecule has 2 unspecified atom stereocenters. The molecule has 5 nitrogen and oxygen atoms in total. The fraction of sp³-hybridized carbons (Fsp3) is 0.692. The van der Waals surface area contributed by atoms with Gasteiger partial charge in [-0.15, -0.1) is 0 Å². The third-order valence-corrected chi connectivity index (χ3v) is 3.76. The summed E-state index contributed by atoms with van der Waals surface area (Å²) in [7, 11) is 4.23. The summed E-state index contributed by atoms with van der Waals surface area (Å²) in [5, 5.41) is 9.13. The van der Waals surface area contributed by atoms with Crippen molar-refractivity contribution in [3.05, 3.63) is 17.5 Å². The summed E-state index contributed by atoms with van der Waals surface area (Å²) in [5.41, 5.74) is 1.67. The van der Waals surface area contributed by atoms with Crippen molar-refractivity contribution in [1.29, 1.82) is 0 Å². The Bertz CT molecular complexity index is 421. The third kappa shape index (κ3) is 2.47. The molecule has 0 aliphatic carbocycles. The maximum absolute atomic E-state index is 9.13. The Kier molecular flexibility index (Phi) is 3.82. The number of nitrogens with zero attached hydrogens (tertiary/aromatic N) is 4. The van der Waals surface area contributed by atoms with Crippen LogP contribution in [0.2, 0.25) is 0 Å². The van der Waals surface area contributed by atoms with Gasteiger partial charge in [0.1, 0.15) is 0 Å². The minimum atomic E-state index is 0.00282. The van der Waals surface area contributed by atoms with E-state index < -0.39 is 0 Å². The molecule has 2 atom stereocenters. The standard InChI is InChI=1S/C13H22N4O/c1-9-6-17(7-12(9)16(3)4)13-14-5-11(8-18)10(2)15-13/h5,9,12,18H,6-8H2,1-4H3. The van der Waals surface area contributed by atoms with E-state index in [0.29, 0.717) is 12.0 Å². The molecule has 5 heteroatoms. The molecule has 0 bridgehead atoms. The number of rotatable bonds is 3. The molecular formula is C13H22N4O. The van der Waals surface area contributed by atoms with E-state index in [1.165, 1.54) is 0 Å². The molecule has 0 aromatic carbocycles. The Morgan fingerprint density at radius 3 is 2.67 bits per heavy atom. The van der Waals surface area contributed by atoms with E-state index in [1.807, 2.05) is 6.92 Å². The molecule has 1 aliphatic rings. The van der Waals surface area contributed by atoms with E-state index in [1.54, 1.807) is 6.20 Å². The maximum atomic E-state index is 9.13. The first-order valence-electron chi connectivity index (χ1n) is 6.37. The van der Waals surface area contributed by atoms with Crippen LogP contribution >= 0.6 is 0 Å². The molecule has 1 aromatic heterocycles. The van der Waals surface area contributed by atoms with Crippen LogP contribution in [-0.2, 0) is 6.61 Å². The monoisotopic (exact) mass is 250 g/mol. The molecule has 1 fully saturated rings. The van der Waals surface area contributed by atoms with Crippen molar-refractivity contribution >= 4 is 5.95 Å². The van der Waals surface area contributed by atoms with Crippen LogP contribution in [0.5, 0.6) is 0 Å². The molecule has 100 valence electrons. The summed E-state index contributed by atoms with van der Waals surface area (Å²) < 4.78 is 0. The van der Waals surface area contributed by atoms with Crippen molar-refractivity contribution < 1.29 is 5.11 Å². The Morgan fingerprint density at radius 1 is 1.44 bits per heavy atom. The molecule has 1 saturated heterocycles. The highest BCUT2D eigenvalue weighted by Crippen LogP contribution is 2.23. The summed E-state index contributed by atoms with van der Waals surface area (Å²) in [5.74, 6) is 1.39. The van der Waals surface area contributed by atoms with Gasteiger partial charge in [0.2, 0.25) is 5.95 Å². The van der Waals surface area contributed by atoms with Crippen LogP contribution in [0.4, 0.5) is 5.95 Å². The van der Waals surface area contributed by atoms with Crippen LogP contribution < -0.4 is 4.90 Å². The van der Waals surface area contributed by atoms with E-state index in [0.717, 1.165) is 30.3 Å². The van der Waals surface area contributed by atoms with Crippen molar-refractivity contribution in [2.24, 2.45) is 5.92 Å². The first-order chi connectivity index (χ1) is 8.52. The maximum Gasteiger partial charge on any atom is 0.225 e. The average molecular weight is 250 g/mol. The van der Waals surface area contributed by atoms with Crippen LogP contribution in [0.3, 0.4) is 0 Å². The molecular weight excluding hydrogens is 228 g/mol. The topological polar surface area (TPSA) is 52.5 Å². The number of aliphatic hydroxyl groups is 1. The van der Waals surface area contributed by atoms with Gasteiger partial charge >= 0.3 is 0 Å². The highest BCUT2D eigenvalue weighted by molar-refractivity contribution is 5.35. The van der Waals surface area contributed by atoms with Crippen LogP contribution in [0.15, 0.2) is 6.20 Å². The van der Waals surface area contributed by atoms with Crippen LogP contribution in [0.1, 0.15) is 18.2 Å². The SMILES string of the molecule is Cc1nc(N2CC(C)C(N(C)C)C2)ncc1CO. The van der Waals surface area contributed by atoms with Gasteiger partial charge in [-0.1, -0.05) is 6.92 Å². The summed E-state index contributed by atoms with van der Waals surface area (Å²) >= 11 is 0. The highest BCUT2D eigenvalue weighted by atomic mass is 16.3. The predicted octanol–water partition coefficient (Wildman–Crippen LogP) is 0.664. The molecule has 0 radical (unpaired) electrons. The Morgan fingerprint density at radius 2 is 2.17 bits per heavy atom. The number of aromatic nitrogens is 2. The number of hydrogen-bond acceptors (Lipinski definition) is 5. The Hall–Kier alpha value is -1.20. The van der Waals surface area contributed by atoms with Gasteiger partial charge in [-0.05, 0) is 26.9 Å². The smallest absolute Gasteiger partial charge is 0.225 e. The third-order valence-electron chi connectivity index (χ3n) is 3.76. The minimum Gasteiger partial charge on any atom is -0.392 e. The predicted molar refractivity (Wildman–Crippen MR) is 71.5 cm³/mol. The quantitative estimate of drug-likeness (QED) is 0.854. The van der Waals surface area contributed by atoms with Gasteiger partial charge in [-0.2, -0.15) is 0 Å². The van der Waals surface area contributed by atoms with Gasteiger partial charge in [-0.25, -0.2) is 9.97 Å². The molecule has 18 heavy (non-hydrogen) atoms. The van der Waals surface area contributed by atoms with E-state index >= 15 is 0 Å². The lowest BCUT2D eigenvalue weighted by molar-refractivity contribution is 0.266. The zero-order chi connectivity index (χ0) is 13.3. The number of aryl methyl sites for hydroxylation is 1. The van der Waals surface area contributed by atoms with Gasteiger partial charge in [0.25, 0.3) is 0 Å². The first kappa shape index (κ1) is 13.2. The largest absolute Gasteiger partial charge is 0.392 e. The normalized spacial score (nSPS) is 24.0. The van der Waals surface area contributed by atoms with Crippen molar-refractivity contribution in [2.45, 2.75) is 26.5 Å². The molecule has 0 spiro atoms. The Labute approximate surface area is 108 Å². The lowest BCUT2D eigenvalue weighted by Gasteiger charge is -2.22. The lowest BCUT2D eigenvalue weighted by Crippen LogP contribution is -2.34. The second kappa shape index (κ2) is 5.20. The van der Waals surface area contributed by atoms with Crippen LogP contribution in [-0.4, -0.2) is 53.2 Å².